The maximum Gasteiger partial charge on any atom is 0.234 e. The summed E-state index contributed by atoms with van der Waals surface area (Å²) in [6.07, 6.45) is 3.63. The predicted molar refractivity (Wildman–Crippen MR) is 49.0 cm³/mol. The molecule has 0 aromatic carbocycles. The molecule has 4 heteroatoms. The summed E-state index contributed by atoms with van der Waals surface area (Å²) in [5, 5.41) is 11.0. The van der Waals surface area contributed by atoms with Gasteiger partial charge in [-0.25, -0.2) is 0 Å². The van der Waals surface area contributed by atoms with Crippen LogP contribution in [0.1, 0.15) is 19.3 Å². The van der Waals surface area contributed by atoms with Crippen molar-refractivity contribution in [1.29, 1.82) is 0 Å². The molecule has 7 atom stereocenters. The second-order valence-corrected chi connectivity index (χ2v) is 5.66. The molecule has 5 rings (SSSR count). The minimum Gasteiger partial charge on any atom is -0.319 e. The largest absolute Gasteiger partial charge is 0.319 e. The van der Waals surface area contributed by atoms with Gasteiger partial charge >= 0.3 is 0 Å². The summed E-state index contributed by atoms with van der Waals surface area (Å²) in [4.78, 5) is 10.9. The molecule has 5 aliphatic rings. The van der Waals surface area contributed by atoms with Gasteiger partial charge in [0.15, 0.2) is 0 Å². The van der Waals surface area contributed by atoms with Crippen molar-refractivity contribution < 1.29 is 4.92 Å². The Morgan fingerprint density at radius 3 is 2.64 bits per heavy atom. The van der Waals surface area contributed by atoms with Gasteiger partial charge in [0.25, 0.3) is 0 Å². The van der Waals surface area contributed by atoms with Crippen molar-refractivity contribution in [3.05, 3.63) is 10.1 Å². The van der Waals surface area contributed by atoms with Gasteiger partial charge in [-0.05, 0) is 42.9 Å². The number of hydrogen-bond acceptors (Lipinski definition) is 3. The van der Waals surface area contributed by atoms with Gasteiger partial charge in [0.2, 0.25) is 6.04 Å². The minimum atomic E-state index is -0.397. The van der Waals surface area contributed by atoms with E-state index in [1.165, 1.54) is 12.8 Å². The summed E-state index contributed by atoms with van der Waals surface area (Å²) in [5.74, 6) is 2.75. The fourth-order valence-electron chi connectivity index (χ4n) is 5.33. The lowest BCUT2D eigenvalue weighted by atomic mass is 9.27. The van der Waals surface area contributed by atoms with Gasteiger partial charge in [-0.3, -0.25) is 10.1 Å². The van der Waals surface area contributed by atoms with Crippen molar-refractivity contribution in [3.8, 4) is 0 Å². The van der Waals surface area contributed by atoms with Crippen LogP contribution in [0.4, 0.5) is 0 Å². The fraction of sp³-hybridized carbons (Fsp3) is 1.00. The van der Waals surface area contributed by atoms with Gasteiger partial charge in [-0.15, -0.1) is 0 Å². The Labute approximate surface area is 82.0 Å². The van der Waals surface area contributed by atoms with Crippen LogP contribution < -0.4 is 5.73 Å². The molecule has 0 amide bonds. The highest BCUT2D eigenvalue weighted by molar-refractivity contribution is 5.30. The summed E-state index contributed by atoms with van der Waals surface area (Å²) in [7, 11) is 0. The maximum atomic E-state index is 11.0. The second-order valence-electron chi connectivity index (χ2n) is 5.66. The van der Waals surface area contributed by atoms with E-state index in [9.17, 15) is 10.1 Å². The standard InChI is InChI=1S/C10H14N2O2/c11-10-6-2-1-4-5(3-7(4)10)8(6)9(10)12(13)14/h4-9H,1-3,11H2/t4-,5-,6?,7?,8?,9?,10-/m1/s1. The van der Waals surface area contributed by atoms with Crippen molar-refractivity contribution >= 4 is 0 Å². The van der Waals surface area contributed by atoms with E-state index >= 15 is 0 Å². The first-order valence-corrected chi connectivity index (χ1v) is 5.58. The number of nitrogens with zero attached hydrogens (tertiary/aromatic N) is 1. The van der Waals surface area contributed by atoms with E-state index in [0.717, 1.165) is 12.3 Å². The van der Waals surface area contributed by atoms with E-state index in [-0.39, 0.29) is 4.92 Å². The Balaban J connectivity index is 1.82. The molecule has 0 spiro atoms. The van der Waals surface area contributed by atoms with E-state index in [1.54, 1.807) is 0 Å². The SMILES string of the molecule is N[C@]12C3CC[C@H]4C1C[C@H]4C3C2[N+](=O)[O-]. The number of fused-ring (bicyclic) bond motifs is 1. The third-order valence-corrected chi connectivity index (χ3v) is 5.75. The van der Waals surface area contributed by atoms with E-state index in [2.05, 4.69) is 0 Å². The number of nitrogens with two attached hydrogens (primary N) is 1. The van der Waals surface area contributed by atoms with Crippen molar-refractivity contribution in [2.45, 2.75) is 30.8 Å². The first-order valence-electron chi connectivity index (χ1n) is 5.58. The number of rotatable bonds is 1. The summed E-state index contributed by atoms with van der Waals surface area (Å²) in [6.45, 7) is 0. The molecule has 5 fully saturated rings. The monoisotopic (exact) mass is 194 g/mol. The van der Waals surface area contributed by atoms with Gasteiger partial charge in [-0.2, -0.15) is 0 Å². The molecule has 0 aromatic heterocycles. The highest BCUT2D eigenvalue weighted by Gasteiger charge is 2.83. The Hall–Kier alpha value is -0.640. The normalized spacial score (nSPS) is 66.9. The molecular formula is C10H14N2O2. The second kappa shape index (κ2) is 1.85. The van der Waals surface area contributed by atoms with Crippen LogP contribution in [-0.4, -0.2) is 16.5 Å². The average molecular weight is 194 g/mol. The molecule has 0 saturated heterocycles. The molecule has 0 aromatic rings. The molecule has 4 nitrogen and oxygen atoms in total. The number of nitro groups is 1. The van der Waals surface area contributed by atoms with Crippen LogP contribution in [0.25, 0.3) is 0 Å². The van der Waals surface area contributed by atoms with Crippen LogP contribution in [0.3, 0.4) is 0 Å². The van der Waals surface area contributed by atoms with Gasteiger partial charge in [-0.1, -0.05) is 0 Å². The Kier molecular flexibility index (Phi) is 1.01. The van der Waals surface area contributed by atoms with Gasteiger partial charge in [0, 0.05) is 10.8 Å². The highest BCUT2D eigenvalue weighted by Crippen LogP contribution is 2.75. The van der Waals surface area contributed by atoms with Crippen molar-refractivity contribution in [2.24, 2.45) is 35.3 Å². The molecular weight excluding hydrogens is 180 g/mol. The predicted octanol–water partition coefficient (Wildman–Crippen LogP) is 0.635. The Bertz CT molecular complexity index is 339. The van der Waals surface area contributed by atoms with Crippen LogP contribution >= 0.6 is 0 Å². The van der Waals surface area contributed by atoms with Crippen LogP contribution in [0, 0.1) is 39.7 Å². The van der Waals surface area contributed by atoms with Crippen LogP contribution in [0.5, 0.6) is 0 Å². The smallest absolute Gasteiger partial charge is 0.234 e. The lowest BCUT2D eigenvalue weighted by Crippen LogP contribution is -2.89. The zero-order valence-corrected chi connectivity index (χ0v) is 7.93. The van der Waals surface area contributed by atoms with Crippen molar-refractivity contribution in [2.75, 3.05) is 0 Å². The van der Waals surface area contributed by atoms with E-state index in [0.29, 0.717) is 23.7 Å². The minimum absolute atomic E-state index is 0.0954. The lowest BCUT2D eigenvalue weighted by molar-refractivity contribution is -0.597. The summed E-state index contributed by atoms with van der Waals surface area (Å²) < 4.78 is 0. The van der Waals surface area contributed by atoms with Crippen LogP contribution in [0.2, 0.25) is 0 Å². The van der Waals surface area contributed by atoms with E-state index in [4.69, 9.17) is 5.73 Å². The van der Waals surface area contributed by atoms with Gasteiger partial charge in [0.05, 0.1) is 5.54 Å². The molecule has 14 heavy (non-hydrogen) atoms. The molecule has 6 bridgehead atoms. The van der Waals surface area contributed by atoms with E-state index < -0.39 is 11.6 Å². The molecule has 0 heterocycles. The van der Waals surface area contributed by atoms with Crippen molar-refractivity contribution in [1.82, 2.24) is 0 Å². The quantitative estimate of drug-likeness (QED) is 0.492. The Morgan fingerprint density at radius 2 is 2.07 bits per heavy atom. The fourth-order valence-corrected chi connectivity index (χ4v) is 5.33. The maximum absolute atomic E-state index is 11.0. The average Bonchev–Trinajstić information content (AvgIpc) is 2.06. The topological polar surface area (TPSA) is 69.2 Å². The zero-order chi connectivity index (χ0) is 9.66. The molecule has 4 unspecified atom stereocenters. The number of hydrogen-bond donors (Lipinski definition) is 1. The summed E-state index contributed by atoms with van der Waals surface area (Å²) in [6, 6.07) is -0.396. The summed E-state index contributed by atoms with van der Waals surface area (Å²) >= 11 is 0. The van der Waals surface area contributed by atoms with Crippen LogP contribution in [0.15, 0.2) is 0 Å². The molecule has 2 N–H and O–H groups in total. The van der Waals surface area contributed by atoms with Crippen molar-refractivity contribution in [3.63, 3.8) is 0 Å². The Morgan fingerprint density at radius 1 is 1.29 bits per heavy atom. The molecule has 5 aliphatic carbocycles. The molecule has 0 radical (unpaired) electrons. The summed E-state index contributed by atoms with van der Waals surface area (Å²) in [5.41, 5.74) is 5.92. The molecule has 5 saturated carbocycles. The van der Waals surface area contributed by atoms with Gasteiger partial charge < -0.3 is 5.73 Å². The van der Waals surface area contributed by atoms with Crippen LogP contribution in [-0.2, 0) is 0 Å². The third-order valence-electron chi connectivity index (χ3n) is 5.75. The molecule has 0 aliphatic heterocycles. The lowest BCUT2D eigenvalue weighted by Gasteiger charge is -2.77. The third kappa shape index (κ3) is 0.481. The first kappa shape index (κ1) is 7.63. The van der Waals surface area contributed by atoms with E-state index in [1.807, 2.05) is 0 Å². The zero-order valence-electron chi connectivity index (χ0n) is 7.93. The highest BCUT2D eigenvalue weighted by atomic mass is 16.6. The van der Waals surface area contributed by atoms with Gasteiger partial charge in [0.1, 0.15) is 0 Å². The first-order chi connectivity index (χ1) is 6.65. The molecule has 76 valence electrons.